The number of carbonyl (C=O) groups excluding carboxylic acids is 1. The van der Waals surface area contributed by atoms with Crippen LogP contribution in [0.4, 0.5) is 4.39 Å². The van der Waals surface area contributed by atoms with E-state index >= 15 is 0 Å². The Hall–Kier alpha value is -3.07. The van der Waals surface area contributed by atoms with Gasteiger partial charge in [-0.05, 0) is 43.5 Å². The number of amides is 1. The zero-order valence-electron chi connectivity index (χ0n) is 17.8. The summed E-state index contributed by atoms with van der Waals surface area (Å²) in [7, 11) is -2.43. The lowest BCUT2D eigenvalue weighted by Crippen LogP contribution is -2.49. The number of carbonyl (C=O) groups is 1. The summed E-state index contributed by atoms with van der Waals surface area (Å²) >= 11 is 0. The number of fused-ring (bicyclic) bond motifs is 1. The molecule has 0 unspecified atom stereocenters. The highest BCUT2D eigenvalue weighted by Crippen LogP contribution is 2.26. The van der Waals surface area contributed by atoms with Crippen molar-refractivity contribution in [2.45, 2.75) is 31.6 Å². The van der Waals surface area contributed by atoms with Crippen molar-refractivity contribution in [3.8, 4) is 11.1 Å². The Morgan fingerprint density at radius 3 is 2.42 bits per heavy atom. The second-order valence-corrected chi connectivity index (χ2v) is 10.2. The highest BCUT2D eigenvalue weighted by molar-refractivity contribution is 7.92. The zero-order valence-corrected chi connectivity index (χ0v) is 18.6. The van der Waals surface area contributed by atoms with Crippen molar-refractivity contribution in [2.75, 3.05) is 13.3 Å². The van der Waals surface area contributed by atoms with Crippen LogP contribution in [0, 0.1) is 12.7 Å². The first-order valence-corrected chi connectivity index (χ1v) is 11.5. The molecular formula is C22H24FN3O4S. The number of aryl methyl sites for hydroxylation is 2. The highest BCUT2D eigenvalue weighted by atomic mass is 32.2. The maximum absolute atomic E-state index is 14.9. The molecule has 1 heterocycles. The summed E-state index contributed by atoms with van der Waals surface area (Å²) in [5, 5.41) is 2.16. The lowest BCUT2D eigenvalue weighted by Gasteiger charge is -2.25. The SMILES string of the molecule is CNC(=O)[C@@](C)(CCn1cnc2cc(-c3ccc(C)cc3)cc(F)c2c1=O)S(C)(=O)=O. The van der Waals surface area contributed by atoms with Crippen molar-refractivity contribution < 1.29 is 17.6 Å². The molecule has 0 bridgehead atoms. The summed E-state index contributed by atoms with van der Waals surface area (Å²) in [5.41, 5.74) is 2.04. The predicted molar refractivity (Wildman–Crippen MR) is 118 cm³/mol. The molecule has 7 nitrogen and oxygen atoms in total. The molecule has 0 fully saturated rings. The first kappa shape index (κ1) is 22.6. The normalized spacial score (nSPS) is 13.7. The van der Waals surface area contributed by atoms with Crippen LogP contribution < -0.4 is 10.9 Å². The fraction of sp³-hybridized carbons (Fsp3) is 0.318. The highest BCUT2D eigenvalue weighted by Gasteiger charge is 2.42. The smallest absolute Gasteiger partial charge is 0.264 e. The Kier molecular flexibility index (Phi) is 6.00. The Bertz CT molecular complexity index is 1320. The van der Waals surface area contributed by atoms with Crippen molar-refractivity contribution in [1.82, 2.24) is 14.9 Å². The number of hydrogen-bond donors (Lipinski definition) is 1. The van der Waals surface area contributed by atoms with Gasteiger partial charge in [0.25, 0.3) is 5.56 Å². The zero-order chi connectivity index (χ0) is 23.0. The van der Waals surface area contributed by atoms with E-state index in [1.807, 2.05) is 31.2 Å². The standard InChI is InChI=1S/C22H24FN3O4S/c1-14-5-7-15(8-6-14)16-11-17(23)19-18(12-16)25-13-26(20(19)27)10-9-22(2,21(28)24-3)31(4,29)30/h5-8,11-13H,9-10H2,1-4H3,(H,24,28)/t22-/m1/s1. The maximum Gasteiger partial charge on any atom is 0.264 e. The number of rotatable bonds is 6. The second kappa shape index (κ2) is 8.22. The third-order valence-electron chi connectivity index (χ3n) is 5.62. The fourth-order valence-electron chi connectivity index (χ4n) is 3.37. The molecule has 0 aliphatic carbocycles. The van der Waals surface area contributed by atoms with E-state index in [0.717, 1.165) is 21.9 Å². The van der Waals surface area contributed by atoms with Crippen LogP contribution in [0.3, 0.4) is 0 Å². The van der Waals surface area contributed by atoms with E-state index in [-0.39, 0.29) is 23.9 Å². The van der Waals surface area contributed by atoms with Gasteiger partial charge in [0.2, 0.25) is 5.91 Å². The molecule has 2 aromatic carbocycles. The molecule has 1 N–H and O–H groups in total. The average Bonchev–Trinajstić information content (AvgIpc) is 2.71. The van der Waals surface area contributed by atoms with Gasteiger partial charge in [-0.25, -0.2) is 17.8 Å². The lowest BCUT2D eigenvalue weighted by atomic mass is 10.0. The Balaban J connectivity index is 2.01. The molecule has 164 valence electrons. The summed E-state index contributed by atoms with van der Waals surface area (Å²) in [6.07, 6.45) is 2.05. The fourth-order valence-corrected chi connectivity index (χ4v) is 4.27. The van der Waals surface area contributed by atoms with Crippen LogP contribution in [0.25, 0.3) is 22.0 Å². The molecule has 0 saturated carbocycles. The first-order chi connectivity index (χ1) is 14.5. The molecule has 0 aliphatic heterocycles. The number of aromatic nitrogens is 2. The number of hydrogen-bond acceptors (Lipinski definition) is 5. The number of sulfone groups is 1. The Labute approximate surface area is 179 Å². The van der Waals surface area contributed by atoms with Gasteiger partial charge in [-0.3, -0.25) is 14.2 Å². The molecule has 3 aromatic rings. The second-order valence-electron chi connectivity index (χ2n) is 7.79. The van der Waals surface area contributed by atoms with Crippen LogP contribution in [0.1, 0.15) is 18.9 Å². The molecule has 0 aliphatic rings. The summed E-state index contributed by atoms with van der Waals surface area (Å²) in [4.78, 5) is 29.3. The maximum atomic E-state index is 14.9. The van der Waals surface area contributed by atoms with Crippen molar-refractivity contribution in [2.24, 2.45) is 0 Å². The van der Waals surface area contributed by atoms with Crippen molar-refractivity contribution in [1.29, 1.82) is 0 Å². The molecule has 1 amide bonds. The van der Waals surface area contributed by atoms with Crippen LogP contribution in [0.5, 0.6) is 0 Å². The van der Waals surface area contributed by atoms with Gasteiger partial charge in [-0.1, -0.05) is 29.8 Å². The molecule has 9 heteroatoms. The van der Waals surface area contributed by atoms with Crippen LogP contribution in [0.2, 0.25) is 0 Å². The largest absolute Gasteiger partial charge is 0.358 e. The van der Waals surface area contributed by atoms with Crippen LogP contribution in [0.15, 0.2) is 47.5 Å². The Morgan fingerprint density at radius 1 is 1.19 bits per heavy atom. The van der Waals surface area contributed by atoms with Gasteiger partial charge >= 0.3 is 0 Å². The van der Waals surface area contributed by atoms with E-state index in [2.05, 4.69) is 10.3 Å². The third kappa shape index (κ3) is 4.23. The molecule has 31 heavy (non-hydrogen) atoms. The lowest BCUT2D eigenvalue weighted by molar-refractivity contribution is -0.123. The molecule has 1 atom stereocenters. The number of nitrogens with zero attached hydrogens (tertiary/aromatic N) is 2. The van der Waals surface area contributed by atoms with Gasteiger partial charge in [-0.15, -0.1) is 0 Å². The van der Waals surface area contributed by atoms with E-state index in [9.17, 15) is 22.4 Å². The predicted octanol–water partition coefficient (Wildman–Crippen LogP) is 2.45. The number of benzene rings is 2. The molecule has 0 radical (unpaired) electrons. The van der Waals surface area contributed by atoms with Gasteiger partial charge in [0.1, 0.15) is 16.0 Å². The molecule has 3 rings (SSSR count). The van der Waals surface area contributed by atoms with Gasteiger partial charge < -0.3 is 5.32 Å². The minimum absolute atomic E-state index is 0.113. The summed E-state index contributed by atoms with van der Waals surface area (Å²) in [6, 6.07) is 10.5. The minimum Gasteiger partial charge on any atom is -0.358 e. The summed E-state index contributed by atoms with van der Waals surface area (Å²) in [5.74, 6) is -1.39. The van der Waals surface area contributed by atoms with E-state index < -0.39 is 31.9 Å². The van der Waals surface area contributed by atoms with Crippen LogP contribution in [-0.4, -0.2) is 41.9 Å². The average molecular weight is 446 g/mol. The van der Waals surface area contributed by atoms with Crippen LogP contribution >= 0.6 is 0 Å². The van der Waals surface area contributed by atoms with Crippen molar-refractivity contribution >= 4 is 26.6 Å². The van der Waals surface area contributed by atoms with E-state index in [1.54, 1.807) is 6.07 Å². The van der Waals surface area contributed by atoms with Gasteiger partial charge in [0, 0.05) is 19.8 Å². The van der Waals surface area contributed by atoms with Crippen molar-refractivity contribution in [3.63, 3.8) is 0 Å². The van der Waals surface area contributed by atoms with E-state index in [4.69, 9.17) is 0 Å². The Morgan fingerprint density at radius 2 is 1.84 bits per heavy atom. The van der Waals surface area contributed by atoms with Gasteiger partial charge in [-0.2, -0.15) is 0 Å². The van der Waals surface area contributed by atoms with Gasteiger partial charge in [0.05, 0.1) is 11.8 Å². The first-order valence-electron chi connectivity index (χ1n) is 9.65. The molecule has 0 saturated heterocycles. The number of nitrogens with one attached hydrogen (secondary N) is 1. The third-order valence-corrected chi connectivity index (χ3v) is 7.65. The summed E-state index contributed by atoms with van der Waals surface area (Å²) in [6.45, 7) is 3.14. The van der Waals surface area contributed by atoms with Gasteiger partial charge in [0.15, 0.2) is 9.84 Å². The van der Waals surface area contributed by atoms with E-state index in [0.29, 0.717) is 5.56 Å². The molecular weight excluding hydrogens is 421 g/mol. The summed E-state index contributed by atoms with van der Waals surface area (Å²) < 4.78 is 38.7. The minimum atomic E-state index is -3.77. The quantitative estimate of drug-likeness (QED) is 0.629. The molecule has 1 aromatic heterocycles. The number of halogens is 1. The topological polar surface area (TPSA) is 98.1 Å². The van der Waals surface area contributed by atoms with Crippen molar-refractivity contribution in [3.05, 3.63) is 64.5 Å². The van der Waals surface area contributed by atoms with E-state index in [1.165, 1.54) is 26.4 Å². The van der Waals surface area contributed by atoms with Crippen LogP contribution in [-0.2, 0) is 21.2 Å². The monoisotopic (exact) mass is 445 g/mol. The molecule has 0 spiro atoms.